The van der Waals surface area contributed by atoms with E-state index in [-0.39, 0.29) is 33.8 Å². The number of nitrogens with zero attached hydrogens (tertiary/aromatic N) is 3. The summed E-state index contributed by atoms with van der Waals surface area (Å²) in [6.45, 7) is 30.9. The molecule has 1 aromatic heterocycles. The first kappa shape index (κ1) is 52.8. The Kier molecular flexibility index (Phi) is 12.4. The van der Waals surface area contributed by atoms with Gasteiger partial charge >= 0.3 is 0 Å². The van der Waals surface area contributed by atoms with Crippen LogP contribution in [0.25, 0.3) is 32.3 Å². The third-order valence-electron chi connectivity index (χ3n) is 18.2. The van der Waals surface area contributed by atoms with Gasteiger partial charge in [-0.3, -0.25) is 0 Å². The second-order valence-electron chi connectivity index (χ2n) is 27.7. The monoisotopic (exact) mass is 1070 g/mol. The fourth-order valence-electron chi connectivity index (χ4n) is 13.3. The van der Waals surface area contributed by atoms with Crippen LogP contribution in [-0.2, 0) is 27.1 Å². The van der Waals surface area contributed by atoms with Gasteiger partial charge in [-0.05, 0) is 174 Å². The number of thiophene rings is 1. The molecular weight excluding hydrogens is 998 g/mol. The van der Waals surface area contributed by atoms with Gasteiger partial charge in [0, 0.05) is 54.6 Å². The van der Waals surface area contributed by atoms with Gasteiger partial charge in [-0.25, -0.2) is 0 Å². The average Bonchev–Trinajstić information content (AvgIpc) is 4.10. The van der Waals surface area contributed by atoms with E-state index in [4.69, 9.17) is 0 Å². The molecule has 0 N–H and O–H groups in total. The smallest absolute Gasteiger partial charge is 0.264 e. The van der Waals surface area contributed by atoms with Crippen molar-refractivity contribution in [1.82, 2.24) is 0 Å². The number of hydrogen-bond donors (Lipinski definition) is 0. The van der Waals surface area contributed by atoms with Crippen molar-refractivity contribution < 1.29 is 0 Å². The lowest BCUT2D eigenvalue weighted by atomic mass is 9.35. The Balaban J connectivity index is 1.20. The zero-order valence-corrected chi connectivity index (χ0v) is 50.6. The predicted molar refractivity (Wildman–Crippen MR) is 353 cm³/mol. The van der Waals surface area contributed by atoms with Crippen LogP contribution in [0.15, 0.2) is 200 Å². The van der Waals surface area contributed by atoms with Gasteiger partial charge in [0.2, 0.25) is 0 Å². The van der Waals surface area contributed by atoms with Crippen LogP contribution in [0.3, 0.4) is 0 Å². The molecule has 1 aliphatic carbocycles. The van der Waals surface area contributed by atoms with Gasteiger partial charge in [0.1, 0.15) is 0 Å². The van der Waals surface area contributed by atoms with Crippen molar-refractivity contribution in [3.05, 3.63) is 228 Å². The highest BCUT2D eigenvalue weighted by Crippen LogP contribution is 2.55. The average molecular weight is 1070 g/mol. The van der Waals surface area contributed by atoms with Crippen molar-refractivity contribution in [1.29, 1.82) is 0 Å². The van der Waals surface area contributed by atoms with Crippen molar-refractivity contribution in [2.45, 2.75) is 130 Å². The van der Waals surface area contributed by atoms with Crippen molar-refractivity contribution in [3.63, 3.8) is 0 Å². The molecule has 0 bridgehead atoms. The summed E-state index contributed by atoms with van der Waals surface area (Å²) in [4.78, 5) is 7.87. The Morgan fingerprint density at radius 3 is 1.54 bits per heavy atom. The van der Waals surface area contributed by atoms with E-state index >= 15 is 0 Å². The number of benzene rings is 9. The lowest BCUT2D eigenvalue weighted by Crippen LogP contribution is -2.61. The van der Waals surface area contributed by atoms with Gasteiger partial charge in [-0.15, -0.1) is 11.3 Å². The predicted octanol–water partition coefficient (Wildman–Crippen LogP) is 20.0. The lowest BCUT2D eigenvalue weighted by molar-refractivity contribution is 0.332. The minimum atomic E-state index is -0.0690. The zero-order chi connectivity index (χ0) is 56.5. The number of rotatable bonds is 7. The third-order valence-corrected chi connectivity index (χ3v) is 19.4. The molecule has 0 fully saturated rings. The van der Waals surface area contributed by atoms with E-state index in [0.29, 0.717) is 0 Å². The van der Waals surface area contributed by atoms with Crippen LogP contribution in [0.5, 0.6) is 0 Å². The summed E-state index contributed by atoms with van der Waals surface area (Å²) >= 11 is 2.00. The highest BCUT2D eigenvalue weighted by molar-refractivity contribution is 7.33. The van der Waals surface area contributed by atoms with E-state index in [1.165, 1.54) is 104 Å². The highest BCUT2D eigenvalue weighted by Gasteiger charge is 2.49. The molecule has 3 nitrogen and oxygen atoms in total. The molecule has 0 spiro atoms. The Hall–Kier alpha value is -7.60. The summed E-state index contributed by atoms with van der Waals surface area (Å²) in [7, 11) is 0. The molecule has 0 saturated heterocycles. The molecule has 81 heavy (non-hydrogen) atoms. The van der Waals surface area contributed by atoms with Gasteiger partial charge in [0.05, 0.1) is 17.1 Å². The van der Waals surface area contributed by atoms with Crippen molar-refractivity contribution in [2.75, 3.05) is 14.7 Å². The maximum atomic E-state index is 2.71. The zero-order valence-electron chi connectivity index (χ0n) is 49.8. The largest absolute Gasteiger partial charge is 0.311 e. The lowest BCUT2D eigenvalue weighted by Gasteiger charge is -2.47. The standard InChI is InChI=1S/C76H76BN3S/c1-72(2,3)52-31-37-57(38-32-52)79-66-45-58(78(55-27-21-16-22-28-55)56-35-29-50(30-36-56)49-23-17-14-18-24-49)46-67-69(66)77(71-70(79)60-44-54(74(7,8)9)34-40-68(60)81-71)63-47-61-62(76(12,13)42-41-75(61,10)11)48-65(63)80(67)64-39-33-53(73(4,5)6)43-59(64)51-25-19-15-20-26-51/h14-40,43-48H,41-42H2,1-13H3. The summed E-state index contributed by atoms with van der Waals surface area (Å²) in [6, 6.07) is 76.8. The second-order valence-corrected chi connectivity index (χ2v) is 28.8. The van der Waals surface area contributed by atoms with Crippen LogP contribution in [0.4, 0.5) is 51.2 Å². The van der Waals surface area contributed by atoms with Gasteiger partial charge in [-0.2, -0.15) is 0 Å². The van der Waals surface area contributed by atoms with E-state index in [1.807, 2.05) is 11.3 Å². The molecule has 13 rings (SSSR count). The Morgan fingerprint density at radius 2 is 0.938 bits per heavy atom. The van der Waals surface area contributed by atoms with Crippen LogP contribution in [0.1, 0.15) is 131 Å². The molecule has 5 heteroatoms. The number of fused-ring (bicyclic) bond motifs is 7. The number of para-hydroxylation sites is 1. The molecule has 0 saturated carbocycles. The van der Waals surface area contributed by atoms with E-state index < -0.39 is 0 Å². The van der Waals surface area contributed by atoms with E-state index in [2.05, 4.69) is 305 Å². The Labute approximate surface area is 487 Å². The molecule has 9 aromatic carbocycles. The van der Waals surface area contributed by atoms with Crippen LogP contribution >= 0.6 is 11.3 Å². The van der Waals surface area contributed by atoms with Gasteiger partial charge < -0.3 is 14.7 Å². The van der Waals surface area contributed by atoms with Gasteiger partial charge in [0.25, 0.3) is 6.71 Å². The summed E-state index contributed by atoms with van der Waals surface area (Å²) in [5, 5.41) is 1.31. The summed E-state index contributed by atoms with van der Waals surface area (Å²) in [5.74, 6) is 0. The second kappa shape index (κ2) is 19.0. The van der Waals surface area contributed by atoms with Crippen LogP contribution < -0.4 is 30.4 Å². The molecule has 2 aliphatic heterocycles. The first-order valence-electron chi connectivity index (χ1n) is 29.4. The van der Waals surface area contributed by atoms with Gasteiger partial charge in [-0.1, -0.05) is 211 Å². The van der Waals surface area contributed by atoms with E-state index in [1.54, 1.807) is 0 Å². The van der Waals surface area contributed by atoms with Crippen molar-refractivity contribution in [3.8, 4) is 22.3 Å². The van der Waals surface area contributed by atoms with Crippen LogP contribution in [0, 0.1) is 0 Å². The molecule has 0 unspecified atom stereocenters. The van der Waals surface area contributed by atoms with E-state index in [0.717, 1.165) is 35.6 Å². The quantitative estimate of drug-likeness (QED) is 0.147. The number of hydrogen-bond acceptors (Lipinski definition) is 4. The van der Waals surface area contributed by atoms with Crippen molar-refractivity contribution >= 4 is 95.0 Å². The first-order valence-corrected chi connectivity index (χ1v) is 30.2. The molecule has 0 radical (unpaired) electrons. The highest BCUT2D eigenvalue weighted by atomic mass is 32.1. The Bertz CT molecular complexity index is 4040. The molecule has 0 atom stereocenters. The molecule has 3 heterocycles. The first-order chi connectivity index (χ1) is 38.5. The fraction of sp³-hybridized carbons (Fsp3) is 0.263. The SMILES string of the molecule is CC(C)(C)c1ccc(N2c3cc(N(c4ccccc4)c4ccc(-c5ccccc5)cc4)cc4c3B(c3cc5c(cc3N4c3ccc(C(C)(C)C)cc3-c3ccccc3)C(C)(C)CCC5(C)C)c3sc4ccc(C(C)(C)C)cc4c32)cc1. The van der Waals surface area contributed by atoms with Crippen LogP contribution in [0.2, 0.25) is 0 Å². The molecular formula is C76H76BN3S. The number of anilines is 9. The molecule has 3 aliphatic rings. The molecule has 0 amide bonds. The fourth-order valence-corrected chi connectivity index (χ4v) is 14.6. The topological polar surface area (TPSA) is 9.72 Å². The molecule has 10 aromatic rings. The third kappa shape index (κ3) is 9.03. The summed E-state index contributed by atoms with van der Waals surface area (Å²) in [5.41, 5.74) is 24.9. The minimum Gasteiger partial charge on any atom is -0.311 e. The summed E-state index contributed by atoms with van der Waals surface area (Å²) in [6.07, 6.45) is 2.27. The maximum absolute atomic E-state index is 2.71. The Morgan fingerprint density at radius 1 is 0.432 bits per heavy atom. The van der Waals surface area contributed by atoms with Crippen molar-refractivity contribution in [2.24, 2.45) is 0 Å². The maximum Gasteiger partial charge on any atom is 0.264 e. The molecule has 404 valence electrons. The van der Waals surface area contributed by atoms with E-state index in [9.17, 15) is 0 Å². The minimum absolute atomic E-state index is 0.00636. The summed E-state index contributed by atoms with van der Waals surface area (Å²) < 4.78 is 2.71. The van der Waals surface area contributed by atoms with Crippen LogP contribution in [-0.4, -0.2) is 6.71 Å². The van der Waals surface area contributed by atoms with Gasteiger partial charge in [0.15, 0.2) is 0 Å². The normalized spacial score (nSPS) is 15.2.